The lowest BCUT2D eigenvalue weighted by Crippen LogP contribution is -2.31. The molecule has 0 aliphatic carbocycles. The Hall–Kier alpha value is -1.78. The fraction of sp³-hybridized carbons (Fsp3) is 0.200. The second kappa shape index (κ2) is 7.29. The third kappa shape index (κ3) is 4.34. The first-order valence-corrected chi connectivity index (χ1v) is 7.07. The molecule has 0 bridgehead atoms. The van der Waals surface area contributed by atoms with Crippen molar-refractivity contribution < 1.29 is 9.53 Å². The molecule has 0 radical (unpaired) electrons. The highest BCUT2D eigenvalue weighted by atomic mass is 35.5. The second-order valence-electron chi connectivity index (χ2n) is 4.39. The maximum atomic E-state index is 12.2. The van der Waals surface area contributed by atoms with Crippen LogP contribution in [0.15, 0.2) is 42.7 Å². The summed E-state index contributed by atoms with van der Waals surface area (Å²) >= 11 is 11.8. The van der Waals surface area contributed by atoms with Crippen molar-refractivity contribution in [2.45, 2.75) is 0 Å². The molecule has 1 amide bonds. The van der Waals surface area contributed by atoms with Crippen LogP contribution in [0.1, 0.15) is 10.4 Å². The van der Waals surface area contributed by atoms with E-state index < -0.39 is 0 Å². The average molecular weight is 325 g/mol. The summed E-state index contributed by atoms with van der Waals surface area (Å²) in [4.78, 5) is 17.6. The van der Waals surface area contributed by atoms with Crippen LogP contribution < -0.4 is 4.74 Å². The van der Waals surface area contributed by atoms with Crippen LogP contribution in [0, 0.1) is 0 Å². The molecule has 21 heavy (non-hydrogen) atoms. The Balaban J connectivity index is 1.89. The molecule has 2 aromatic rings. The summed E-state index contributed by atoms with van der Waals surface area (Å²) in [5.41, 5.74) is 0.428. The molecule has 4 nitrogen and oxygen atoms in total. The van der Waals surface area contributed by atoms with Gasteiger partial charge in [0.2, 0.25) is 0 Å². The maximum absolute atomic E-state index is 12.2. The van der Waals surface area contributed by atoms with Crippen molar-refractivity contribution in [1.29, 1.82) is 0 Å². The van der Waals surface area contributed by atoms with Gasteiger partial charge in [-0.05, 0) is 24.3 Å². The minimum atomic E-state index is -0.169. The van der Waals surface area contributed by atoms with Crippen molar-refractivity contribution in [3.63, 3.8) is 0 Å². The predicted molar refractivity (Wildman–Crippen MR) is 83.2 cm³/mol. The number of carbonyl (C=O) groups excluding carboxylic acids is 1. The summed E-state index contributed by atoms with van der Waals surface area (Å²) in [5.74, 6) is 0.502. The molecule has 0 aliphatic heterocycles. The number of ether oxygens (including phenoxy) is 1. The van der Waals surface area contributed by atoms with Gasteiger partial charge in [-0.1, -0.05) is 29.3 Å². The van der Waals surface area contributed by atoms with Crippen LogP contribution in [0.4, 0.5) is 0 Å². The number of nitrogens with zero attached hydrogens (tertiary/aromatic N) is 2. The van der Waals surface area contributed by atoms with Gasteiger partial charge in [-0.2, -0.15) is 0 Å². The lowest BCUT2D eigenvalue weighted by atomic mass is 10.2. The topological polar surface area (TPSA) is 42.4 Å². The lowest BCUT2D eigenvalue weighted by Gasteiger charge is -2.18. The molecular weight excluding hydrogens is 311 g/mol. The van der Waals surface area contributed by atoms with Crippen LogP contribution in [0.25, 0.3) is 0 Å². The van der Waals surface area contributed by atoms with Crippen LogP contribution >= 0.6 is 23.2 Å². The molecule has 0 saturated heterocycles. The highest BCUT2D eigenvalue weighted by Gasteiger charge is 2.14. The molecule has 0 aliphatic rings. The molecule has 0 fully saturated rings. The number of rotatable bonds is 5. The van der Waals surface area contributed by atoms with E-state index in [9.17, 15) is 4.79 Å². The molecule has 0 spiro atoms. The normalized spacial score (nSPS) is 10.2. The SMILES string of the molecule is CN(CCOc1cccc(Cl)c1)C(=O)c1ccncc1Cl. The fourth-order valence-corrected chi connectivity index (χ4v) is 2.09. The van der Waals surface area contributed by atoms with Gasteiger partial charge in [-0.15, -0.1) is 0 Å². The van der Waals surface area contributed by atoms with E-state index in [1.807, 2.05) is 12.1 Å². The number of hydrogen-bond donors (Lipinski definition) is 0. The largest absolute Gasteiger partial charge is 0.492 e. The van der Waals surface area contributed by atoms with E-state index in [4.69, 9.17) is 27.9 Å². The van der Waals surface area contributed by atoms with E-state index in [2.05, 4.69) is 4.98 Å². The number of carbonyl (C=O) groups is 1. The molecule has 0 N–H and O–H groups in total. The van der Waals surface area contributed by atoms with Crippen molar-refractivity contribution in [2.24, 2.45) is 0 Å². The zero-order chi connectivity index (χ0) is 15.2. The zero-order valence-corrected chi connectivity index (χ0v) is 12.9. The highest BCUT2D eigenvalue weighted by molar-refractivity contribution is 6.33. The van der Waals surface area contributed by atoms with Crippen molar-refractivity contribution in [3.05, 3.63) is 58.3 Å². The molecule has 0 atom stereocenters. The predicted octanol–water partition coefficient (Wildman–Crippen LogP) is 3.54. The third-order valence-electron chi connectivity index (χ3n) is 2.84. The Labute approximate surface area is 133 Å². The number of pyridine rings is 1. The van der Waals surface area contributed by atoms with Gasteiger partial charge in [-0.25, -0.2) is 0 Å². The second-order valence-corrected chi connectivity index (χ2v) is 5.23. The van der Waals surface area contributed by atoms with Gasteiger partial charge in [0, 0.05) is 24.5 Å². The molecular formula is C15H14Cl2N2O2. The Kier molecular flexibility index (Phi) is 5.42. The number of benzene rings is 1. The number of amides is 1. The Morgan fingerprint density at radius 3 is 2.86 bits per heavy atom. The molecule has 2 rings (SSSR count). The summed E-state index contributed by atoms with van der Waals surface area (Å²) < 4.78 is 5.55. The van der Waals surface area contributed by atoms with Gasteiger partial charge in [0.1, 0.15) is 12.4 Å². The first-order valence-electron chi connectivity index (χ1n) is 6.31. The van der Waals surface area contributed by atoms with Crippen LogP contribution in [0.2, 0.25) is 10.0 Å². The van der Waals surface area contributed by atoms with Gasteiger partial charge in [-0.3, -0.25) is 9.78 Å². The van der Waals surface area contributed by atoms with E-state index in [1.165, 1.54) is 12.4 Å². The van der Waals surface area contributed by atoms with Gasteiger partial charge in [0.05, 0.1) is 17.1 Å². The standard InChI is InChI=1S/C15H14Cl2N2O2/c1-19(15(20)13-5-6-18-10-14(13)17)7-8-21-12-4-2-3-11(16)9-12/h2-6,9-10H,7-8H2,1H3. The van der Waals surface area contributed by atoms with Gasteiger partial charge in [0.25, 0.3) is 5.91 Å². The summed E-state index contributed by atoms with van der Waals surface area (Å²) in [6, 6.07) is 8.72. The quantitative estimate of drug-likeness (QED) is 0.844. The zero-order valence-electron chi connectivity index (χ0n) is 11.4. The summed E-state index contributed by atoms with van der Waals surface area (Å²) in [6.45, 7) is 0.801. The Morgan fingerprint density at radius 2 is 2.14 bits per heavy atom. The van der Waals surface area contributed by atoms with Crippen LogP contribution in [0.5, 0.6) is 5.75 Å². The van der Waals surface area contributed by atoms with Crippen molar-refractivity contribution in [3.8, 4) is 5.75 Å². The molecule has 1 heterocycles. The van der Waals surface area contributed by atoms with E-state index in [0.29, 0.717) is 34.5 Å². The van der Waals surface area contributed by atoms with Crippen molar-refractivity contribution >= 4 is 29.1 Å². The number of aromatic nitrogens is 1. The fourth-order valence-electron chi connectivity index (χ4n) is 1.71. The van der Waals surface area contributed by atoms with Gasteiger partial charge >= 0.3 is 0 Å². The van der Waals surface area contributed by atoms with E-state index in [1.54, 1.807) is 30.1 Å². The molecule has 6 heteroatoms. The Bertz CT molecular complexity index is 635. The molecule has 110 valence electrons. The van der Waals surface area contributed by atoms with Crippen molar-refractivity contribution in [2.75, 3.05) is 20.2 Å². The van der Waals surface area contributed by atoms with Gasteiger partial charge in [0.15, 0.2) is 0 Å². The number of halogens is 2. The Morgan fingerprint density at radius 1 is 1.33 bits per heavy atom. The van der Waals surface area contributed by atoms with E-state index in [0.717, 1.165) is 0 Å². The van der Waals surface area contributed by atoms with Gasteiger partial charge < -0.3 is 9.64 Å². The first-order chi connectivity index (χ1) is 10.1. The highest BCUT2D eigenvalue weighted by Crippen LogP contribution is 2.17. The monoisotopic (exact) mass is 324 g/mol. The van der Waals surface area contributed by atoms with Crippen LogP contribution in [-0.2, 0) is 0 Å². The molecule has 1 aromatic heterocycles. The third-order valence-corrected chi connectivity index (χ3v) is 3.38. The summed E-state index contributed by atoms with van der Waals surface area (Å²) in [6.07, 6.45) is 2.99. The minimum absolute atomic E-state index is 0.169. The lowest BCUT2D eigenvalue weighted by molar-refractivity contribution is 0.0774. The number of hydrogen-bond acceptors (Lipinski definition) is 3. The average Bonchev–Trinajstić information content (AvgIpc) is 2.47. The minimum Gasteiger partial charge on any atom is -0.492 e. The van der Waals surface area contributed by atoms with E-state index >= 15 is 0 Å². The maximum Gasteiger partial charge on any atom is 0.255 e. The van der Waals surface area contributed by atoms with Crippen LogP contribution in [0.3, 0.4) is 0 Å². The summed E-state index contributed by atoms with van der Waals surface area (Å²) in [5, 5.41) is 0.950. The summed E-state index contributed by atoms with van der Waals surface area (Å²) in [7, 11) is 1.69. The number of likely N-dealkylation sites (N-methyl/N-ethyl adjacent to an activating group) is 1. The molecule has 0 saturated carbocycles. The first kappa shape index (κ1) is 15.6. The van der Waals surface area contributed by atoms with Crippen molar-refractivity contribution in [1.82, 2.24) is 9.88 Å². The smallest absolute Gasteiger partial charge is 0.255 e. The molecule has 0 unspecified atom stereocenters. The van der Waals surface area contributed by atoms with E-state index in [-0.39, 0.29) is 5.91 Å². The van der Waals surface area contributed by atoms with Crippen LogP contribution in [-0.4, -0.2) is 36.0 Å². The molecule has 1 aromatic carbocycles.